The number of hydrogen-bond donors (Lipinski definition) is 0. The molecule has 0 fully saturated rings. The number of aryl methyl sites for hydroxylation is 1. The molecule has 6 nitrogen and oxygen atoms in total. The Morgan fingerprint density at radius 1 is 0.535 bits per heavy atom. The summed E-state index contributed by atoms with van der Waals surface area (Å²) in [4.78, 5) is 4.29. The quantitative estimate of drug-likeness (QED) is 0.205. The van der Waals surface area contributed by atoms with Crippen LogP contribution in [0.4, 0.5) is 0 Å². The van der Waals surface area contributed by atoms with Crippen molar-refractivity contribution in [3.05, 3.63) is 147 Å². The zero-order chi connectivity index (χ0) is 28.5. The van der Waals surface area contributed by atoms with Crippen LogP contribution in [0.25, 0.3) is 66.4 Å². The Labute approximate surface area is 247 Å². The fourth-order valence-corrected chi connectivity index (χ4v) is 6.60. The van der Waals surface area contributed by atoms with Crippen molar-refractivity contribution in [3.8, 4) is 22.7 Å². The van der Waals surface area contributed by atoms with Crippen LogP contribution in [0.2, 0.25) is 0 Å². The van der Waals surface area contributed by atoms with Gasteiger partial charge in [0.05, 0.1) is 35.4 Å². The van der Waals surface area contributed by atoms with Crippen LogP contribution < -0.4 is 4.57 Å². The lowest BCUT2D eigenvalue weighted by Gasteiger charge is -2.12. The van der Waals surface area contributed by atoms with Crippen molar-refractivity contribution in [2.24, 2.45) is 7.05 Å². The number of fused-ring (bicyclic) bond motifs is 7. The number of nitrogens with zero attached hydrogens (tertiary/aromatic N) is 6. The number of imidazole rings is 2. The van der Waals surface area contributed by atoms with E-state index in [-0.39, 0.29) is 0 Å². The molecule has 4 heterocycles. The summed E-state index contributed by atoms with van der Waals surface area (Å²) < 4.78 is 11.2. The van der Waals surface area contributed by atoms with Crippen LogP contribution in [0.3, 0.4) is 0 Å². The Morgan fingerprint density at radius 2 is 1.09 bits per heavy atom. The molecular weight excluding hydrogens is 528 g/mol. The summed E-state index contributed by atoms with van der Waals surface area (Å²) in [6.45, 7) is 0. The molecule has 204 valence electrons. The number of hydrogen-bond acceptors (Lipinski definition) is 1. The molecule has 0 spiro atoms. The second kappa shape index (κ2) is 9.06. The van der Waals surface area contributed by atoms with Gasteiger partial charge in [0, 0.05) is 51.0 Å². The Kier molecular flexibility index (Phi) is 5.01. The third-order valence-corrected chi connectivity index (χ3v) is 8.52. The maximum atomic E-state index is 4.29. The first-order valence-corrected chi connectivity index (χ1v) is 14.4. The largest absolute Gasteiger partial charge is 0.307 e. The standard InChI is InChI=1S/C37H27N6/c1-39-20-21-41(25-39)29-13-17-35-33(23-29)31-15-14-30-32-22-28(40-19-18-38-24-40)12-16-34(32)42(26-8-4-2-5-9-26)36(30)37(31)43(35)27-10-6-3-7-11-27/h2-25H,1H3/q+1. The number of benzene rings is 5. The molecule has 4 aromatic heterocycles. The van der Waals surface area contributed by atoms with E-state index in [0.717, 1.165) is 22.7 Å². The highest BCUT2D eigenvalue weighted by Crippen LogP contribution is 2.42. The van der Waals surface area contributed by atoms with Gasteiger partial charge in [-0.1, -0.05) is 48.5 Å². The van der Waals surface area contributed by atoms with Crippen molar-refractivity contribution in [1.82, 2.24) is 23.3 Å². The van der Waals surface area contributed by atoms with Gasteiger partial charge in [-0.05, 0) is 60.7 Å². The Morgan fingerprint density at radius 3 is 1.58 bits per heavy atom. The van der Waals surface area contributed by atoms with Gasteiger partial charge in [-0.25, -0.2) is 14.1 Å². The van der Waals surface area contributed by atoms with E-state index >= 15 is 0 Å². The number of rotatable bonds is 4. The van der Waals surface area contributed by atoms with E-state index < -0.39 is 0 Å². The molecule has 0 bridgehead atoms. The average molecular weight is 556 g/mol. The lowest BCUT2D eigenvalue weighted by atomic mass is 10.1. The van der Waals surface area contributed by atoms with Gasteiger partial charge in [0.25, 0.3) is 0 Å². The van der Waals surface area contributed by atoms with E-state index in [2.05, 4.69) is 156 Å². The lowest BCUT2D eigenvalue weighted by molar-refractivity contribution is -0.670. The van der Waals surface area contributed by atoms with Crippen LogP contribution in [0.1, 0.15) is 0 Å². The maximum Gasteiger partial charge on any atom is 0.248 e. The molecule has 0 aliphatic carbocycles. The van der Waals surface area contributed by atoms with E-state index in [9.17, 15) is 0 Å². The van der Waals surface area contributed by atoms with Crippen LogP contribution in [0.15, 0.2) is 147 Å². The summed E-state index contributed by atoms with van der Waals surface area (Å²) in [6.07, 6.45) is 11.9. The van der Waals surface area contributed by atoms with Gasteiger partial charge in [-0.3, -0.25) is 0 Å². The van der Waals surface area contributed by atoms with Crippen molar-refractivity contribution >= 4 is 43.6 Å². The van der Waals surface area contributed by atoms with E-state index in [1.165, 1.54) is 43.6 Å². The van der Waals surface area contributed by atoms with Gasteiger partial charge in [-0.15, -0.1) is 0 Å². The SMILES string of the molecule is C[n+]1ccn(-c2ccc3c(c2)c2ccc4c5cc(-n6ccnc6)ccc5n(-c5ccccc5)c4c2n3-c2ccccc2)c1. The number of aromatic nitrogens is 6. The molecule has 0 aliphatic rings. The molecule has 0 atom stereocenters. The highest BCUT2D eigenvalue weighted by molar-refractivity contribution is 6.24. The smallest absolute Gasteiger partial charge is 0.248 e. The highest BCUT2D eigenvalue weighted by Gasteiger charge is 2.22. The minimum Gasteiger partial charge on any atom is -0.307 e. The second-order valence-corrected chi connectivity index (χ2v) is 11.1. The molecule has 9 rings (SSSR count). The van der Waals surface area contributed by atoms with Gasteiger partial charge >= 0.3 is 0 Å². The summed E-state index contributed by atoms with van der Waals surface area (Å²) in [7, 11) is 2.05. The average Bonchev–Trinajstić information content (AvgIpc) is 3.86. The number of para-hydroxylation sites is 2. The first-order chi connectivity index (χ1) is 21.2. The van der Waals surface area contributed by atoms with E-state index in [1.807, 2.05) is 25.8 Å². The minimum absolute atomic E-state index is 1.09. The van der Waals surface area contributed by atoms with Crippen LogP contribution in [0, 0.1) is 0 Å². The molecule has 0 unspecified atom stereocenters. The zero-order valence-electron chi connectivity index (χ0n) is 23.5. The minimum atomic E-state index is 1.09. The molecule has 5 aromatic carbocycles. The predicted octanol–water partition coefficient (Wildman–Crippen LogP) is 7.68. The Balaban J connectivity index is 1.47. The molecule has 9 aromatic rings. The van der Waals surface area contributed by atoms with Crippen molar-refractivity contribution in [3.63, 3.8) is 0 Å². The molecule has 0 saturated carbocycles. The molecule has 0 saturated heterocycles. The van der Waals surface area contributed by atoms with Gasteiger partial charge in [0.2, 0.25) is 6.33 Å². The van der Waals surface area contributed by atoms with E-state index in [1.54, 1.807) is 0 Å². The fraction of sp³-hybridized carbons (Fsp3) is 0.0270. The summed E-state index contributed by atoms with van der Waals surface area (Å²) in [5.41, 5.74) is 9.23. The summed E-state index contributed by atoms with van der Waals surface area (Å²) in [6, 6.07) is 39.5. The summed E-state index contributed by atoms with van der Waals surface area (Å²) in [5.74, 6) is 0. The topological polar surface area (TPSA) is 36.5 Å². The van der Waals surface area contributed by atoms with Crippen molar-refractivity contribution in [2.75, 3.05) is 0 Å². The molecule has 0 N–H and O–H groups in total. The van der Waals surface area contributed by atoms with Gasteiger partial charge in [0.15, 0.2) is 0 Å². The molecule has 0 amide bonds. The summed E-state index contributed by atoms with van der Waals surface area (Å²) in [5, 5.41) is 4.86. The third-order valence-electron chi connectivity index (χ3n) is 8.52. The van der Waals surface area contributed by atoms with Crippen LogP contribution in [-0.2, 0) is 7.05 Å². The molecule has 0 aliphatic heterocycles. The Bertz CT molecular complexity index is 2440. The van der Waals surface area contributed by atoms with Crippen LogP contribution in [-0.4, -0.2) is 23.3 Å². The monoisotopic (exact) mass is 555 g/mol. The maximum absolute atomic E-state index is 4.29. The molecule has 6 heteroatoms. The van der Waals surface area contributed by atoms with E-state index in [4.69, 9.17) is 0 Å². The van der Waals surface area contributed by atoms with Gasteiger partial charge in [0.1, 0.15) is 18.1 Å². The molecule has 0 radical (unpaired) electrons. The third kappa shape index (κ3) is 3.53. The van der Waals surface area contributed by atoms with Crippen molar-refractivity contribution in [1.29, 1.82) is 0 Å². The molecular formula is C37H27N6+. The highest BCUT2D eigenvalue weighted by atomic mass is 15.1. The lowest BCUT2D eigenvalue weighted by Crippen LogP contribution is -2.23. The molecule has 43 heavy (non-hydrogen) atoms. The van der Waals surface area contributed by atoms with Crippen molar-refractivity contribution in [2.45, 2.75) is 0 Å². The van der Waals surface area contributed by atoms with Crippen LogP contribution in [0.5, 0.6) is 0 Å². The second-order valence-electron chi connectivity index (χ2n) is 11.1. The van der Waals surface area contributed by atoms with Gasteiger partial charge in [-0.2, -0.15) is 0 Å². The summed E-state index contributed by atoms with van der Waals surface area (Å²) >= 11 is 0. The van der Waals surface area contributed by atoms with Crippen molar-refractivity contribution < 1.29 is 4.57 Å². The predicted molar refractivity (Wildman–Crippen MR) is 173 cm³/mol. The van der Waals surface area contributed by atoms with E-state index in [0.29, 0.717) is 0 Å². The first-order valence-electron chi connectivity index (χ1n) is 14.4. The normalized spacial score (nSPS) is 11.8. The fourth-order valence-electron chi connectivity index (χ4n) is 6.60. The zero-order valence-corrected chi connectivity index (χ0v) is 23.5. The first kappa shape index (κ1) is 23.8. The van der Waals surface area contributed by atoms with Gasteiger partial charge < -0.3 is 13.7 Å². The van der Waals surface area contributed by atoms with Crippen LogP contribution >= 0.6 is 0 Å². The Hall–Kier alpha value is -5.88.